The molecule has 0 radical (unpaired) electrons. The molecule has 0 bridgehead atoms. The number of benzene rings is 1. The van der Waals surface area contributed by atoms with E-state index in [9.17, 15) is 0 Å². The Labute approximate surface area is 146 Å². The van der Waals surface area contributed by atoms with E-state index >= 15 is 0 Å². The summed E-state index contributed by atoms with van der Waals surface area (Å²) < 4.78 is 2.30. The lowest BCUT2D eigenvalue weighted by Gasteiger charge is -2.24. The van der Waals surface area contributed by atoms with E-state index in [1.807, 2.05) is 12.1 Å². The molecule has 0 N–H and O–H groups in total. The van der Waals surface area contributed by atoms with Crippen molar-refractivity contribution in [1.82, 2.24) is 19.4 Å². The third-order valence-electron chi connectivity index (χ3n) is 4.65. The van der Waals surface area contributed by atoms with Crippen LogP contribution in [0.3, 0.4) is 0 Å². The van der Waals surface area contributed by atoms with Gasteiger partial charge < -0.3 is 9.47 Å². The third-order valence-corrected chi connectivity index (χ3v) is 4.89. The molecule has 0 amide bonds. The van der Waals surface area contributed by atoms with Crippen molar-refractivity contribution in [3.8, 4) is 0 Å². The lowest BCUT2D eigenvalue weighted by Crippen LogP contribution is -2.27. The Hall–Kier alpha value is -2.17. The van der Waals surface area contributed by atoms with Gasteiger partial charge in [0.2, 0.25) is 0 Å². The fraction of sp³-hybridized carbons (Fsp3) is 0.263. The SMILES string of the molecule is C/C(=C\n1c2c(c3cc(Cl)ccc31)CCN(C)C2)c1ccncn1. The van der Waals surface area contributed by atoms with Crippen LogP contribution in [0, 0.1) is 0 Å². The largest absolute Gasteiger partial charge is 0.318 e. The van der Waals surface area contributed by atoms with Crippen LogP contribution in [0.2, 0.25) is 5.02 Å². The maximum absolute atomic E-state index is 6.25. The van der Waals surface area contributed by atoms with E-state index in [1.165, 1.54) is 22.2 Å². The minimum atomic E-state index is 0.790. The second kappa shape index (κ2) is 6.04. The Morgan fingerprint density at radius 2 is 2.17 bits per heavy atom. The van der Waals surface area contributed by atoms with Gasteiger partial charge in [-0.15, -0.1) is 0 Å². The summed E-state index contributed by atoms with van der Waals surface area (Å²) in [6, 6.07) is 8.10. The molecule has 0 saturated carbocycles. The van der Waals surface area contributed by atoms with Gasteiger partial charge >= 0.3 is 0 Å². The molecule has 0 saturated heterocycles. The lowest BCUT2D eigenvalue weighted by atomic mass is 10.0. The van der Waals surface area contributed by atoms with Gasteiger partial charge in [0.15, 0.2) is 0 Å². The molecule has 1 aliphatic rings. The minimum absolute atomic E-state index is 0.790. The predicted octanol–water partition coefficient (Wildman–Crippen LogP) is 4.09. The molecule has 1 aromatic carbocycles. The topological polar surface area (TPSA) is 34.0 Å². The van der Waals surface area contributed by atoms with Crippen LogP contribution in [0.4, 0.5) is 0 Å². The van der Waals surface area contributed by atoms with Gasteiger partial charge in [-0.25, -0.2) is 9.97 Å². The maximum atomic E-state index is 6.25. The van der Waals surface area contributed by atoms with Gasteiger partial charge in [0.05, 0.1) is 11.2 Å². The zero-order chi connectivity index (χ0) is 16.7. The fourth-order valence-corrected chi connectivity index (χ4v) is 3.60. The number of nitrogens with zero attached hydrogens (tertiary/aromatic N) is 4. The van der Waals surface area contributed by atoms with Crippen LogP contribution in [0.25, 0.3) is 22.7 Å². The Balaban J connectivity index is 1.93. The normalized spacial score (nSPS) is 15.7. The van der Waals surface area contributed by atoms with Crippen LogP contribution in [0.15, 0.2) is 36.8 Å². The molecule has 4 rings (SSSR count). The number of halogens is 1. The van der Waals surface area contributed by atoms with Gasteiger partial charge in [-0.2, -0.15) is 0 Å². The highest BCUT2D eigenvalue weighted by atomic mass is 35.5. The second-order valence-corrected chi connectivity index (χ2v) is 6.79. The highest BCUT2D eigenvalue weighted by Crippen LogP contribution is 2.33. The molecule has 0 spiro atoms. The van der Waals surface area contributed by atoms with E-state index in [-0.39, 0.29) is 0 Å². The molecule has 2 aromatic heterocycles. The van der Waals surface area contributed by atoms with Crippen molar-refractivity contribution >= 4 is 34.3 Å². The number of aromatic nitrogens is 3. The Bertz CT molecular complexity index is 927. The summed E-state index contributed by atoms with van der Waals surface area (Å²) in [6.07, 6.45) is 6.59. The zero-order valence-corrected chi connectivity index (χ0v) is 14.6. The van der Waals surface area contributed by atoms with Crippen LogP contribution < -0.4 is 0 Å². The molecular formula is C19H19ClN4. The van der Waals surface area contributed by atoms with Gasteiger partial charge in [-0.3, -0.25) is 0 Å². The molecule has 24 heavy (non-hydrogen) atoms. The first-order valence-corrected chi connectivity index (χ1v) is 8.46. The first-order valence-electron chi connectivity index (χ1n) is 8.08. The van der Waals surface area contributed by atoms with Gasteiger partial charge in [0.25, 0.3) is 0 Å². The molecule has 4 nitrogen and oxygen atoms in total. The van der Waals surface area contributed by atoms with E-state index in [1.54, 1.807) is 12.5 Å². The van der Waals surface area contributed by atoms with Gasteiger partial charge in [-0.1, -0.05) is 11.6 Å². The highest BCUT2D eigenvalue weighted by molar-refractivity contribution is 6.31. The van der Waals surface area contributed by atoms with Crippen molar-refractivity contribution in [2.45, 2.75) is 19.9 Å². The molecule has 3 aromatic rings. The van der Waals surface area contributed by atoms with Crippen molar-refractivity contribution in [2.75, 3.05) is 13.6 Å². The van der Waals surface area contributed by atoms with Gasteiger partial charge in [-0.05, 0) is 55.8 Å². The van der Waals surface area contributed by atoms with Gasteiger partial charge in [0, 0.05) is 41.6 Å². The molecule has 5 heteroatoms. The van der Waals surface area contributed by atoms with Crippen LogP contribution >= 0.6 is 11.6 Å². The summed E-state index contributed by atoms with van der Waals surface area (Å²) >= 11 is 6.25. The summed E-state index contributed by atoms with van der Waals surface area (Å²) in [4.78, 5) is 10.7. The standard InChI is InChI=1S/C19H19ClN4/c1-13(17-5-7-21-12-22-17)10-24-18-4-3-14(20)9-16(18)15-6-8-23(2)11-19(15)24/h3-5,7,9-10,12H,6,8,11H2,1-2H3/b13-10+. The molecule has 3 heterocycles. The van der Waals surface area contributed by atoms with Crippen molar-refractivity contribution in [3.63, 3.8) is 0 Å². The Morgan fingerprint density at radius 3 is 2.96 bits per heavy atom. The molecule has 0 fully saturated rings. The minimum Gasteiger partial charge on any atom is -0.318 e. The Morgan fingerprint density at radius 1 is 1.29 bits per heavy atom. The van der Waals surface area contributed by atoms with E-state index in [0.29, 0.717) is 0 Å². The average Bonchev–Trinajstić information content (AvgIpc) is 2.88. The monoisotopic (exact) mass is 338 g/mol. The highest BCUT2D eigenvalue weighted by Gasteiger charge is 2.22. The number of hydrogen-bond donors (Lipinski definition) is 0. The van der Waals surface area contributed by atoms with Crippen LogP contribution in [0.5, 0.6) is 0 Å². The number of allylic oxidation sites excluding steroid dienone is 1. The van der Waals surface area contributed by atoms with Crippen molar-refractivity contribution in [3.05, 3.63) is 58.8 Å². The number of rotatable bonds is 2. The maximum Gasteiger partial charge on any atom is 0.116 e. The Kier molecular flexibility index (Phi) is 3.87. The molecule has 0 atom stereocenters. The molecular weight excluding hydrogens is 320 g/mol. The van der Waals surface area contributed by atoms with E-state index in [0.717, 1.165) is 35.8 Å². The number of fused-ring (bicyclic) bond motifs is 3. The molecule has 0 unspecified atom stereocenters. The molecule has 1 aliphatic heterocycles. The van der Waals surface area contributed by atoms with E-state index < -0.39 is 0 Å². The van der Waals surface area contributed by atoms with E-state index in [2.05, 4.69) is 51.7 Å². The van der Waals surface area contributed by atoms with Gasteiger partial charge in [0.1, 0.15) is 6.33 Å². The number of hydrogen-bond acceptors (Lipinski definition) is 3. The van der Waals surface area contributed by atoms with Crippen molar-refractivity contribution in [1.29, 1.82) is 0 Å². The van der Waals surface area contributed by atoms with Crippen molar-refractivity contribution in [2.24, 2.45) is 0 Å². The van der Waals surface area contributed by atoms with Crippen LogP contribution in [0.1, 0.15) is 23.9 Å². The summed E-state index contributed by atoms with van der Waals surface area (Å²) in [5.74, 6) is 0. The van der Waals surface area contributed by atoms with Crippen molar-refractivity contribution < 1.29 is 0 Å². The third kappa shape index (κ3) is 2.62. The fourth-order valence-electron chi connectivity index (χ4n) is 3.43. The van der Waals surface area contributed by atoms with Crippen LogP contribution in [-0.2, 0) is 13.0 Å². The smallest absolute Gasteiger partial charge is 0.116 e. The quantitative estimate of drug-likeness (QED) is 0.705. The van der Waals surface area contributed by atoms with Crippen LogP contribution in [-0.4, -0.2) is 33.0 Å². The first-order chi connectivity index (χ1) is 11.6. The predicted molar refractivity (Wildman–Crippen MR) is 98.9 cm³/mol. The number of likely N-dealkylation sites (N-methyl/N-ethyl adjacent to an activating group) is 1. The second-order valence-electron chi connectivity index (χ2n) is 6.35. The summed E-state index contributed by atoms with van der Waals surface area (Å²) in [5.41, 5.74) is 6.01. The summed E-state index contributed by atoms with van der Waals surface area (Å²) in [6.45, 7) is 4.10. The first kappa shape index (κ1) is 15.4. The summed E-state index contributed by atoms with van der Waals surface area (Å²) in [7, 11) is 2.17. The summed E-state index contributed by atoms with van der Waals surface area (Å²) in [5, 5.41) is 2.05. The average molecular weight is 339 g/mol. The van der Waals surface area contributed by atoms with E-state index in [4.69, 9.17) is 11.6 Å². The lowest BCUT2D eigenvalue weighted by molar-refractivity contribution is 0.308. The molecule has 0 aliphatic carbocycles. The zero-order valence-electron chi connectivity index (χ0n) is 13.8. The molecule has 122 valence electrons.